The molecule has 0 spiro atoms. The summed E-state index contributed by atoms with van der Waals surface area (Å²) in [6.07, 6.45) is 3.39. The zero-order valence-corrected chi connectivity index (χ0v) is 14.4. The van der Waals surface area contributed by atoms with Crippen LogP contribution in [-0.4, -0.2) is 23.9 Å². The molecular formula is C16H21BrClNO. The van der Waals surface area contributed by atoms with E-state index in [4.69, 9.17) is 11.6 Å². The number of carbonyl (C=O) groups excluding carboxylic acids is 1. The number of nitrogens with zero attached hydrogens (tertiary/aromatic N) is 1. The van der Waals surface area contributed by atoms with Crippen LogP contribution in [0.5, 0.6) is 0 Å². The van der Waals surface area contributed by atoms with Crippen LogP contribution < -0.4 is 0 Å². The molecule has 1 fully saturated rings. The first-order chi connectivity index (χ1) is 9.50. The second-order valence-corrected chi connectivity index (χ2v) is 7.06. The average Bonchev–Trinajstić information content (AvgIpc) is 2.67. The van der Waals surface area contributed by atoms with Crippen LogP contribution in [0.2, 0.25) is 5.02 Å². The zero-order chi connectivity index (χ0) is 14.7. The number of hydrogen-bond acceptors (Lipinski definition) is 1. The van der Waals surface area contributed by atoms with Crippen LogP contribution in [-0.2, 0) is 0 Å². The minimum absolute atomic E-state index is 0.0562. The van der Waals surface area contributed by atoms with E-state index in [1.807, 2.05) is 17.0 Å². The Balaban J connectivity index is 2.11. The maximum Gasteiger partial charge on any atom is 0.255 e. The van der Waals surface area contributed by atoms with Gasteiger partial charge in [0.25, 0.3) is 5.91 Å². The fourth-order valence-electron chi connectivity index (χ4n) is 2.83. The number of carbonyl (C=O) groups is 1. The van der Waals surface area contributed by atoms with Crippen molar-refractivity contribution in [2.75, 3.05) is 13.1 Å². The Morgan fingerprint density at radius 3 is 2.80 bits per heavy atom. The Morgan fingerprint density at radius 1 is 1.35 bits per heavy atom. The van der Waals surface area contributed by atoms with E-state index in [1.165, 1.54) is 6.42 Å². The zero-order valence-electron chi connectivity index (χ0n) is 12.0. The van der Waals surface area contributed by atoms with Crippen molar-refractivity contribution in [3.63, 3.8) is 0 Å². The van der Waals surface area contributed by atoms with Gasteiger partial charge in [-0.3, -0.25) is 4.79 Å². The molecule has 0 bridgehead atoms. The molecule has 1 unspecified atom stereocenters. The van der Waals surface area contributed by atoms with Gasteiger partial charge in [-0.25, -0.2) is 0 Å². The second-order valence-electron chi connectivity index (χ2n) is 5.83. The largest absolute Gasteiger partial charge is 0.339 e. The lowest BCUT2D eigenvalue weighted by Crippen LogP contribution is -2.32. The van der Waals surface area contributed by atoms with E-state index in [0.29, 0.717) is 16.5 Å². The highest BCUT2D eigenvalue weighted by Gasteiger charge is 2.24. The molecule has 1 heterocycles. The summed E-state index contributed by atoms with van der Waals surface area (Å²) in [7, 11) is 0. The molecule has 1 aliphatic rings. The van der Waals surface area contributed by atoms with Gasteiger partial charge in [0.2, 0.25) is 0 Å². The minimum Gasteiger partial charge on any atom is -0.339 e. The van der Waals surface area contributed by atoms with Crippen molar-refractivity contribution in [3.05, 3.63) is 33.3 Å². The SMILES string of the molecule is CC(C)C1CCCN(C(=O)c2cccc(Br)c2Cl)CC1. The van der Waals surface area contributed by atoms with E-state index in [2.05, 4.69) is 29.8 Å². The maximum atomic E-state index is 12.6. The van der Waals surface area contributed by atoms with Crippen LogP contribution in [0.3, 0.4) is 0 Å². The van der Waals surface area contributed by atoms with E-state index in [1.54, 1.807) is 6.07 Å². The van der Waals surface area contributed by atoms with Gasteiger partial charge in [0.05, 0.1) is 10.6 Å². The lowest BCUT2D eigenvalue weighted by atomic mass is 9.89. The Kier molecular flexibility index (Phi) is 5.50. The molecule has 0 saturated carbocycles. The molecule has 1 atom stereocenters. The third-order valence-electron chi connectivity index (χ3n) is 4.18. The Labute approximate surface area is 134 Å². The summed E-state index contributed by atoms with van der Waals surface area (Å²) in [5.74, 6) is 1.48. The first-order valence-electron chi connectivity index (χ1n) is 7.24. The van der Waals surface area contributed by atoms with Gasteiger partial charge < -0.3 is 4.90 Å². The standard InChI is InChI=1S/C16H21BrClNO/c1-11(2)12-5-4-9-19(10-8-12)16(20)13-6-3-7-14(17)15(13)18/h3,6-7,11-12H,4-5,8-10H2,1-2H3. The third kappa shape index (κ3) is 3.56. The molecule has 1 aromatic rings. The topological polar surface area (TPSA) is 20.3 Å². The molecule has 110 valence electrons. The normalized spacial score (nSPS) is 20.1. The maximum absolute atomic E-state index is 12.6. The molecule has 0 aromatic heterocycles. The van der Waals surface area contributed by atoms with Crippen LogP contribution in [0.4, 0.5) is 0 Å². The first kappa shape index (κ1) is 15.8. The van der Waals surface area contributed by atoms with Crippen molar-refractivity contribution in [1.29, 1.82) is 0 Å². The summed E-state index contributed by atoms with van der Waals surface area (Å²) in [6, 6.07) is 5.52. The minimum atomic E-state index is 0.0562. The number of benzene rings is 1. The molecule has 20 heavy (non-hydrogen) atoms. The number of halogens is 2. The quantitative estimate of drug-likeness (QED) is 0.728. The highest BCUT2D eigenvalue weighted by molar-refractivity contribution is 9.10. The monoisotopic (exact) mass is 357 g/mol. The predicted octanol–water partition coefficient (Wildman–Crippen LogP) is 5.00. The van der Waals surface area contributed by atoms with Gasteiger partial charge in [-0.1, -0.05) is 31.5 Å². The third-order valence-corrected chi connectivity index (χ3v) is 5.48. The predicted molar refractivity (Wildman–Crippen MR) is 87.2 cm³/mol. The van der Waals surface area contributed by atoms with Gasteiger partial charge in [-0.05, 0) is 59.2 Å². The number of rotatable bonds is 2. The molecule has 1 aromatic carbocycles. The van der Waals surface area contributed by atoms with Gasteiger partial charge in [0, 0.05) is 17.6 Å². The van der Waals surface area contributed by atoms with Gasteiger partial charge in [0.1, 0.15) is 0 Å². The summed E-state index contributed by atoms with van der Waals surface area (Å²) in [6.45, 7) is 6.22. The summed E-state index contributed by atoms with van der Waals surface area (Å²) in [5, 5.41) is 0.516. The van der Waals surface area contributed by atoms with Crippen LogP contribution in [0.25, 0.3) is 0 Å². The molecule has 0 aliphatic carbocycles. The number of hydrogen-bond donors (Lipinski definition) is 0. The lowest BCUT2D eigenvalue weighted by molar-refractivity contribution is 0.0759. The smallest absolute Gasteiger partial charge is 0.255 e. The van der Waals surface area contributed by atoms with Gasteiger partial charge in [-0.2, -0.15) is 0 Å². The van der Waals surface area contributed by atoms with Crippen molar-refractivity contribution in [2.45, 2.75) is 33.1 Å². The van der Waals surface area contributed by atoms with E-state index in [9.17, 15) is 4.79 Å². The fourth-order valence-corrected chi connectivity index (χ4v) is 3.40. The number of amides is 1. The Bertz CT molecular complexity index is 489. The van der Waals surface area contributed by atoms with Crippen LogP contribution >= 0.6 is 27.5 Å². The molecule has 2 rings (SSSR count). The molecule has 0 radical (unpaired) electrons. The van der Waals surface area contributed by atoms with Crippen molar-refractivity contribution >= 4 is 33.4 Å². The van der Waals surface area contributed by atoms with E-state index < -0.39 is 0 Å². The molecule has 1 amide bonds. The molecule has 1 saturated heterocycles. The molecule has 0 N–H and O–H groups in total. The van der Waals surface area contributed by atoms with E-state index in [-0.39, 0.29) is 5.91 Å². The second kappa shape index (κ2) is 6.95. The summed E-state index contributed by atoms with van der Waals surface area (Å²) < 4.78 is 0.778. The summed E-state index contributed by atoms with van der Waals surface area (Å²) in [5.41, 5.74) is 0.601. The van der Waals surface area contributed by atoms with Crippen molar-refractivity contribution in [3.8, 4) is 0 Å². The fraction of sp³-hybridized carbons (Fsp3) is 0.562. The first-order valence-corrected chi connectivity index (χ1v) is 8.41. The average molecular weight is 359 g/mol. The van der Waals surface area contributed by atoms with Gasteiger partial charge in [0.15, 0.2) is 0 Å². The van der Waals surface area contributed by atoms with Gasteiger partial charge in [-0.15, -0.1) is 0 Å². The molecule has 4 heteroatoms. The van der Waals surface area contributed by atoms with Crippen molar-refractivity contribution in [1.82, 2.24) is 4.90 Å². The highest BCUT2D eigenvalue weighted by atomic mass is 79.9. The van der Waals surface area contributed by atoms with Gasteiger partial charge >= 0.3 is 0 Å². The van der Waals surface area contributed by atoms with Crippen LogP contribution in [0, 0.1) is 11.8 Å². The highest BCUT2D eigenvalue weighted by Crippen LogP contribution is 2.29. The number of likely N-dealkylation sites (tertiary alicyclic amines) is 1. The molecule has 1 aliphatic heterocycles. The molecule has 2 nitrogen and oxygen atoms in total. The van der Waals surface area contributed by atoms with Crippen LogP contribution in [0.1, 0.15) is 43.5 Å². The Hall–Kier alpha value is -0.540. The van der Waals surface area contributed by atoms with Crippen molar-refractivity contribution < 1.29 is 4.79 Å². The molecular weight excluding hydrogens is 338 g/mol. The van der Waals surface area contributed by atoms with E-state index in [0.717, 1.165) is 36.3 Å². The lowest BCUT2D eigenvalue weighted by Gasteiger charge is -2.22. The summed E-state index contributed by atoms with van der Waals surface area (Å²) in [4.78, 5) is 14.6. The van der Waals surface area contributed by atoms with Crippen LogP contribution in [0.15, 0.2) is 22.7 Å². The Morgan fingerprint density at radius 2 is 2.10 bits per heavy atom. The van der Waals surface area contributed by atoms with Crippen molar-refractivity contribution in [2.24, 2.45) is 11.8 Å². The van der Waals surface area contributed by atoms with E-state index >= 15 is 0 Å². The summed E-state index contributed by atoms with van der Waals surface area (Å²) >= 11 is 9.61.